The summed E-state index contributed by atoms with van der Waals surface area (Å²) in [6.45, 7) is 4.09. The molecule has 1 unspecified atom stereocenters. The van der Waals surface area contributed by atoms with Crippen LogP contribution < -0.4 is 4.74 Å². The summed E-state index contributed by atoms with van der Waals surface area (Å²) in [5.41, 5.74) is 0.813. The van der Waals surface area contributed by atoms with E-state index in [4.69, 9.17) is 9.26 Å². The third-order valence-corrected chi connectivity index (χ3v) is 6.46. The van der Waals surface area contributed by atoms with Gasteiger partial charge in [0.1, 0.15) is 11.4 Å². The highest BCUT2D eigenvalue weighted by Crippen LogP contribution is 2.32. The third-order valence-electron chi connectivity index (χ3n) is 6.46. The molecule has 0 radical (unpaired) electrons. The highest BCUT2D eigenvalue weighted by atomic mass is 19.4. The zero-order valence-electron chi connectivity index (χ0n) is 19.7. The fraction of sp³-hybridized carbons (Fsp3) is 0.320. The zero-order valence-corrected chi connectivity index (χ0v) is 19.7. The molecular weight excluding hydrogens is 475 g/mol. The molecule has 1 N–H and O–H groups in total. The lowest BCUT2D eigenvalue weighted by Gasteiger charge is -2.36. The number of aromatic nitrogens is 3. The van der Waals surface area contributed by atoms with Gasteiger partial charge in [0.05, 0.1) is 18.7 Å². The van der Waals surface area contributed by atoms with E-state index in [1.807, 2.05) is 31.2 Å². The average Bonchev–Trinajstić information content (AvgIpc) is 3.55. The van der Waals surface area contributed by atoms with E-state index in [0.29, 0.717) is 43.5 Å². The van der Waals surface area contributed by atoms with E-state index in [9.17, 15) is 18.0 Å². The molecule has 5 rings (SSSR count). The maximum atomic E-state index is 13.1. The van der Waals surface area contributed by atoms with Crippen molar-refractivity contribution < 1.29 is 27.2 Å². The van der Waals surface area contributed by atoms with Crippen molar-refractivity contribution in [1.82, 2.24) is 24.9 Å². The molecule has 36 heavy (non-hydrogen) atoms. The molecule has 8 nitrogen and oxygen atoms in total. The largest absolute Gasteiger partial charge is 0.497 e. The van der Waals surface area contributed by atoms with E-state index in [0.717, 1.165) is 23.0 Å². The van der Waals surface area contributed by atoms with Crippen molar-refractivity contribution in [1.29, 1.82) is 0 Å². The Labute approximate surface area is 204 Å². The number of aromatic amines is 1. The van der Waals surface area contributed by atoms with Crippen molar-refractivity contribution in [2.24, 2.45) is 0 Å². The highest BCUT2D eigenvalue weighted by Gasteiger charge is 2.32. The van der Waals surface area contributed by atoms with Crippen LogP contribution in [-0.2, 0) is 6.18 Å². The number of carbonyl (C=O) groups is 1. The number of alkyl halides is 3. The lowest BCUT2D eigenvalue weighted by molar-refractivity contribution is -0.137. The molecule has 1 saturated heterocycles. The Bertz CT molecular complexity index is 1390. The molecule has 0 spiro atoms. The summed E-state index contributed by atoms with van der Waals surface area (Å²) < 4.78 is 49.7. The Kier molecular flexibility index (Phi) is 6.17. The molecule has 0 bridgehead atoms. The number of nitrogens with one attached hydrogen (secondary N) is 1. The van der Waals surface area contributed by atoms with Gasteiger partial charge in [0.25, 0.3) is 5.91 Å². The normalized spacial score (nSPS) is 15.9. The van der Waals surface area contributed by atoms with Gasteiger partial charge in [-0.25, -0.2) is 0 Å². The number of rotatable bonds is 5. The standard InChI is InChI=1S/C25H24F3N5O3/c1-15(23-30-22(31-36-23)17-4-3-5-18(12-17)25(26,27)28)32-8-10-33(11-9-32)24(34)21-13-16-6-7-19(35-2)14-20(16)29-21/h3-7,12-15,29H,8-11H2,1-2H3. The van der Waals surface area contributed by atoms with Crippen LogP contribution >= 0.6 is 0 Å². The summed E-state index contributed by atoms with van der Waals surface area (Å²) in [6.07, 6.45) is -4.45. The van der Waals surface area contributed by atoms with Crippen LogP contribution in [0.5, 0.6) is 5.75 Å². The predicted molar refractivity (Wildman–Crippen MR) is 125 cm³/mol. The molecule has 0 aliphatic carbocycles. The second-order valence-corrected chi connectivity index (χ2v) is 8.68. The van der Waals surface area contributed by atoms with Crippen LogP contribution in [0.3, 0.4) is 0 Å². The molecular formula is C25H24F3N5O3. The molecule has 2 aromatic heterocycles. The van der Waals surface area contributed by atoms with Gasteiger partial charge in [0, 0.05) is 48.7 Å². The van der Waals surface area contributed by atoms with Crippen molar-refractivity contribution in [3.63, 3.8) is 0 Å². The van der Waals surface area contributed by atoms with Gasteiger partial charge in [0.15, 0.2) is 0 Å². The SMILES string of the molecule is COc1ccc2cc(C(=O)N3CCN(C(C)c4nc(-c5cccc(C(F)(F)F)c5)no4)CC3)[nH]c2c1. The van der Waals surface area contributed by atoms with E-state index < -0.39 is 11.7 Å². The monoisotopic (exact) mass is 499 g/mol. The van der Waals surface area contributed by atoms with Crippen molar-refractivity contribution in [2.45, 2.75) is 19.1 Å². The van der Waals surface area contributed by atoms with Gasteiger partial charge in [-0.05, 0) is 37.3 Å². The predicted octanol–water partition coefficient (Wildman–Crippen LogP) is 4.76. The smallest absolute Gasteiger partial charge is 0.416 e. The second-order valence-electron chi connectivity index (χ2n) is 8.68. The molecule has 1 atom stereocenters. The van der Waals surface area contributed by atoms with Gasteiger partial charge in [0.2, 0.25) is 11.7 Å². The Morgan fingerprint density at radius 2 is 1.89 bits per heavy atom. The number of benzene rings is 2. The lowest BCUT2D eigenvalue weighted by Crippen LogP contribution is -2.49. The van der Waals surface area contributed by atoms with E-state index in [1.165, 1.54) is 12.1 Å². The summed E-state index contributed by atoms with van der Waals surface area (Å²) in [5.74, 6) is 1.05. The minimum absolute atomic E-state index is 0.0814. The van der Waals surface area contributed by atoms with Crippen LogP contribution in [0.1, 0.15) is 34.9 Å². The van der Waals surface area contributed by atoms with E-state index >= 15 is 0 Å². The number of methoxy groups -OCH3 is 1. The third kappa shape index (κ3) is 4.66. The van der Waals surface area contributed by atoms with Crippen LogP contribution in [0.25, 0.3) is 22.3 Å². The van der Waals surface area contributed by atoms with Crippen molar-refractivity contribution in [2.75, 3.05) is 33.3 Å². The first kappa shape index (κ1) is 23.9. The van der Waals surface area contributed by atoms with Gasteiger partial charge in [-0.15, -0.1) is 0 Å². The first-order chi connectivity index (χ1) is 17.2. The topological polar surface area (TPSA) is 87.5 Å². The number of fused-ring (bicyclic) bond motifs is 1. The van der Waals surface area contributed by atoms with Gasteiger partial charge in [-0.2, -0.15) is 18.2 Å². The molecule has 1 fully saturated rings. The number of piperazine rings is 1. The Morgan fingerprint density at radius 3 is 2.61 bits per heavy atom. The fourth-order valence-corrected chi connectivity index (χ4v) is 4.34. The van der Waals surface area contributed by atoms with Gasteiger partial charge in [-0.3, -0.25) is 9.69 Å². The summed E-state index contributed by atoms with van der Waals surface area (Å²) in [6, 6.07) is 12.0. The molecule has 3 heterocycles. The van der Waals surface area contributed by atoms with E-state index in [2.05, 4.69) is 20.0 Å². The highest BCUT2D eigenvalue weighted by molar-refractivity contribution is 5.98. The average molecular weight is 499 g/mol. The van der Waals surface area contributed by atoms with Crippen LogP contribution in [0.15, 0.2) is 53.1 Å². The molecule has 1 amide bonds. The number of H-pyrrole nitrogens is 1. The van der Waals surface area contributed by atoms with E-state index in [1.54, 1.807) is 12.0 Å². The van der Waals surface area contributed by atoms with Crippen molar-refractivity contribution in [3.8, 4) is 17.1 Å². The number of hydrogen-bond acceptors (Lipinski definition) is 6. The maximum Gasteiger partial charge on any atom is 0.416 e. The molecule has 1 aliphatic rings. The minimum Gasteiger partial charge on any atom is -0.497 e. The van der Waals surface area contributed by atoms with Gasteiger partial charge in [-0.1, -0.05) is 17.3 Å². The van der Waals surface area contributed by atoms with Crippen LogP contribution in [0.2, 0.25) is 0 Å². The lowest BCUT2D eigenvalue weighted by atomic mass is 10.1. The molecule has 0 saturated carbocycles. The molecule has 188 valence electrons. The number of ether oxygens (including phenoxy) is 1. The molecule has 1 aliphatic heterocycles. The molecule has 2 aromatic carbocycles. The van der Waals surface area contributed by atoms with Gasteiger partial charge < -0.3 is 19.1 Å². The summed E-state index contributed by atoms with van der Waals surface area (Å²) >= 11 is 0. The van der Waals surface area contributed by atoms with Crippen LogP contribution in [-0.4, -0.2) is 64.1 Å². The molecule has 11 heteroatoms. The number of nitrogens with zero attached hydrogens (tertiary/aromatic N) is 4. The Morgan fingerprint density at radius 1 is 1.11 bits per heavy atom. The van der Waals surface area contributed by atoms with Gasteiger partial charge >= 0.3 is 6.18 Å². The molecule has 4 aromatic rings. The second kappa shape index (κ2) is 9.30. The number of carbonyl (C=O) groups excluding carboxylic acids is 1. The summed E-state index contributed by atoms with van der Waals surface area (Å²) in [5, 5.41) is 4.81. The number of halogens is 3. The maximum absolute atomic E-state index is 13.1. The van der Waals surface area contributed by atoms with Crippen molar-refractivity contribution >= 4 is 16.8 Å². The summed E-state index contributed by atoms with van der Waals surface area (Å²) in [7, 11) is 1.59. The van der Waals surface area contributed by atoms with E-state index in [-0.39, 0.29) is 23.3 Å². The van der Waals surface area contributed by atoms with Crippen LogP contribution in [0.4, 0.5) is 13.2 Å². The zero-order chi connectivity index (χ0) is 25.4. The Hall–Kier alpha value is -3.86. The fourth-order valence-electron chi connectivity index (χ4n) is 4.34. The van der Waals surface area contributed by atoms with Crippen molar-refractivity contribution in [3.05, 3.63) is 65.7 Å². The van der Waals surface area contributed by atoms with Crippen LogP contribution in [0, 0.1) is 0 Å². The summed E-state index contributed by atoms with van der Waals surface area (Å²) in [4.78, 5) is 24.4. The number of hydrogen-bond donors (Lipinski definition) is 1. The Balaban J connectivity index is 1.23. The number of amides is 1. The first-order valence-electron chi connectivity index (χ1n) is 11.4. The quantitative estimate of drug-likeness (QED) is 0.426. The minimum atomic E-state index is -4.45. The first-order valence-corrected chi connectivity index (χ1v) is 11.4.